The van der Waals surface area contributed by atoms with Gasteiger partial charge < -0.3 is 10.1 Å². The van der Waals surface area contributed by atoms with Crippen molar-refractivity contribution in [2.45, 2.75) is 43.7 Å². The molecule has 0 radical (unpaired) electrons. The van der Waals surface area contributed by atoms with Gasteiger partial charge in [-0.25, -0.2) is 8.42 Å². The molecule has 0 spiro atoms. The average Bonchev–Trinajstić information content (AvgIpc) is 3.00. The number of hydrogen-bond acceptors (Lipinski definition) is 5. The number of amides is 1. The number of nitrogens with zero attached hydrogens (tertiary/aromatic N) is 1. The Bertz CT molecular complexity index is 1040. The summed E-state index contributed by atoms with van der Waals surface area (Å²) in [5, 5.41) is 2.78. The fourth-order valence-corrected chi connectivity index (χ4v) is 4.35. The van der Waals surface area contributed by atoms with Crippen LogP contribution in [0.3, 0.4) is 0 Å². The van der Waals surface area contributed by atoms with Crippen molar-refractivity contribution in [3.8, 4) is 5.75 Å². The van der Waals surface area contributed by atoms with Crippen molar-refractivity contribution < 1.29 is 26.7 Å². The van der Waals surface area contributed by atoms with E-state index in [0.717, 1.165) is 18.4 Å². The number of hydrogen-bond donors (Lipinski definition) is 2. The third kappa shape index (κ3) is 6.48. The van der Waals surface area contributed by atoms with E-state index in [1.807, 2.05) is 0 Å². The van der Waals surface area contributed by atoms with Gasteiger partial charge >= 0.3 is 6.61 Å². The van der Waals surface area contributed by atoms with Gasteiger partial charge in [0.05, 0.1) is 4.90 Å². The molecule has 10 heteroatoms. The molecule has 1 heterocycles. The Morgan fingerprint density at radius 3 is 2.55 bits per heavy atom. The van der Waals surface area contributed by atoms with Crippen LogP contribution in [0.25, 0.3) is 0 Å². The summed E-state index contributed by atoms with van der Waals surface area (Å²) in [5.74, 6) is 0.331. The van der Waals surface area contributed by atoms with E-state index in [0.29, 0.717) is 37.3 Å². The lowest BCUT2D eigenvalue weighted by Gasteiger charge is -2.07. The Morgan fingerprint density at radius 1 is 1.06 bits per heavy atom. The zero-order valence-electron chi connectivity index (χ0n) is 16.7. The third-order valence-corrected chi connectivity index (χ3v) is 6.03. The molecule has 2 aromatic carbocycles. The van der Waals surface area contributed by atoms with Crippen molar-refractivity contribution in [2.75, 3.05) is 6.54 Å². The monoisotopic (exact) mass is 451 g/mol. The predicted molar refractivity (Wildman–Crippen MR) is 112 cm³/mol. The Morgan fingerprint density at radius 2 is 1.81 bits per heavy atom. The van der Waals surface area contributed by atoms with Gasteiger partial charge in [-0.1, -0.05) is 30.7 Å². The van der Waals surface area contributed by atoms with Crippen molar-refractivity contribution in [3.63, 3.8) is 0 Å². The van der Waals surface area contributed by atoms with Crippen LogP contribution in [0.2, 0.25) is 0 Å². The van der Waals surface area contributed by atoms with Gasteiger partial charge in [0.25, 0.3) is 10.0 Å². The molecule has 166 valence electrons. The van der Waals surface area contributed by atoms with Crippen LogP contribution < -0.4 is 14.8 Å². The summed E-state index contributed by atoms with van der Waals surface area (Å²) < 4.78 is 55.0. The highest BCUT2D eigenvalue weighted by Gasteiger charge is 2.29. The lowest BCUT2D eigenvalue weighted by Crippen LogP contribution is -2.22. The van der Waals surface area contributed by atoms with Gasteiger partial charge in [0.15, 0.2) is 0 Å². The molecule has 3 rings (SSSR count). The van der Waals surface area contributed by atoms with Gasteiger partial charge in [-0.05, 0) is 42.7 Å². The van der Waals surface area contributed by atoms with E-state index in [1.54, 1.807) is 36.4 Å². The largest absolute Gasteiger partial charge is 0.435 e. The van der Waals surface area contributed by atoms with Crippen LogP contribution in [0.5, 0.6) is 5.75 Å². The topological polar surface area (TPSA) is 96.9 Å². The molecule has 0 atom stereocenters. The number of ether oxygens (including phenoxy) is 1. The van der Waals surface area contributed by atoms with Crippen LogP contribution in [0.4, 0.5) is 8.78 Å². The van der Waals surface area contributed by atoms with Crippen molar-refractivity contribution in [2.24, 2.45) is 4.99 Å². The summed E-state index contributed by atoms with van der Waals surface area (Å²) in [6.45, 7) is -2.10. The van der Waals surface area contributed by atoms with Crippen LogP contribution in [-0.2, 0) is 21.4 Å². The van der Waals surface area contributed by atoms with Gasteiger partial charge in [-0.2, -0.15) is 8.78 Å². The number of nitrogens with one attached hydrogen (secondary N) is 2. The maximum Gasteiger partial charge on any atom is 0.387 e. The van der Waals surface area contributed by atoms with Crippen molar-refractivity contribution in [1.29, 1.82) is 0 Å². The van der Waals surface area contributed by atoms with Crippen LogP contribution in [0.15, 0.2) is 58.4 Å². The molecule has 1 aliphatic rings. The first-order chi connectivity index (χ1) is 14.8. The highest BCUT2D eigenvalue weighted by atomic mass is 32.2. The molecule has 7 nitrogen and oxygen atoms in total. The molecule has 0 unspecified atom stereocenters. The molecule has 2 N–H and O–H groups in total. The SMILES string of the molecule is O=C(CCCCCN=C1NS(=O)(=O)c2ccccc21)NCc1ccc(OC(F)F)cc1. The first-order valence-electron chi connectivity index (χ1n) is 9.82. The standard InChI is InChI=1S/C21H23F2N3O4S/c22-21(23)30-16-11-9-15(10-12-16)14-25-19(27)8-2-1-5-13-24-20-17-6-3-4-7-18(17)31(28,29)26-20/h3-4,6-7,9-12,21H,1-2,5,8,13-14H2,(H,24,26)(H,25,27). The molecule has 2 aromatic rings. The van der Waals surface area contributed by atoms with Crippen molar-refractivity contribution >= 4 is 21.8 Å². The molecule has 31 heavy (non-hydrogen) atoms. The second-order valence-corrected chi connectivity index (χ2v) is 8.59. The summed E-state index contributed by atoms with van der Waals surface area (Å²) in [6.07, 6.45) is 2.54. The van der Waals surface area contributed by atoms with Gasteiger partial charge in [0.2, 0.25) is 5.91 Å². The molecule has 0 bridgehead atoms. The molecule has 0 aliphatic carbocycles. The summed E-state index contributed by atoms with van der Waals surface area (Å²) in [7, 11) is -3.52. The number of aliphatic imine (C=N–C) groups is 1. The van der Waals surface area contributed by atoms with E-state index in [4.69, 9.17) is 0 Å². The number of carbonyl (C=O) groups is 1. The molecule has 0 aromatic heterocycles. The zero-order chi connectivity index (χ0) is 22.3. The minimum Gasteiger partial charge on any atom is -0.435 e. The minimum atomic E-state index is -3.52. The van der Waals surface area contributed by atoms with Crippen molar-refractivity contribution in [1.82, 2.24) is 10.0 Å². The van der Waals surface area contributed by atoms with Crippen LogP contribution in [-0.4, -0.2) is 33.3 Å². The molecule has 1 aliphatic heterocycles. The van der Waals surface area contributed by atoms with E-state index in [2.05, 4.69) is 19.8 Å². The number of unbranched alkanes of at least 4 members (excludes halogenated alkanes) is 2. The molecule has 0 saturated heterocycles. The fourth-order valence-electron chi connectivity index (χ4n) is 3.09. The highest BCUT2D eigenvalue weighted by molar-refractivity contribution is 7.90. The summed E-state index contributed by atoms with van der Waals surface area (Å²) in [5.41, 5.74) is 1.36. The second kappa shape index (κ2) is 10.3. The third-order valence-electron chi connectivity index (χ3n) is 4.63. The lowest BCUT2D eigenvalue weighted by atomic mass is 10.1. The number of rotatable bonds is 10. The number of amidine groups is 1. The Hall–Kier alpha value is -3.01. The minimum absolute atomic E-state index is 0.0718. The summed E-state index contributed by atoms with van der Waals surface area (Å²) in [4.78, 5) is 16.5. The number of alkyl halides is 2. The quantitative estimate of drug-likeness (QED) is 0.542. The molecule has 0 saturated carbocycles. The number of halogens is 2. The first-order valence-corrected chi connectivity index (χ1v) is 11.3. The molecule has 0 fully saturated rings. The fraction of sp³-hybridized carbons (Fsp3) is 0.333. The number of carbonyl (C=O) groups excluding carboxylic acids is 1. The Balaban J connectivity index is 1.33. The number of benzene rings is 2. The average molecular weight is 451 g/mol. The smallest absolute Gasteiger partial charge is 0.387 e. The van der Waals surface area contributed by atoms with Crippen LogP contribution in [0, 0.1) is 0 Å². The molecular weight excluding hydrogens is 428 g/mol. The zero-order valence-corrected chi connectivity index (χ0v) is 17.5. The van der Waals surface area contributed by atoms with Crippen LogP contribution in [0.1, 0.15) is 36.8 Å². The number of fused-ring (bicyclic) bond motifs is 1. The van der Waals surface area contributed by atoms with Gasteiger partial charge in [-0.3, -0.25) is 14.5 Å². The second-order valence-electron chi connectivity index (χ2n) is 6.94. The van der Waals surface area contributed by atoms with Crippen molar-refractivity contribution in [3.05, 3.63) is 59.7 Å². The lowest BCUT2D eigenvalue weighted by molar-refractivity contribution is -0.121. The number of sulfonamides is 1. The van der Waals surface area contributed by atoms with E-state index >= 15 is 0 Å². The van der Waals surface area contributed by atoms with Gasteiger partial charge in [0.1, 0.15) is 11.6 Å². The van der Waals surface area contributed by atoms with Gasteiger partial charge in [0, 0.05) is 25.1 Å². The van der Waals surface area contributed by atoms with E-state index < -0.39 is 16.6 Å². The Kier molecular flexibility index (Phi) is 7.56. The van der Waals surface area contributed by atoms with Gasteiger partial charge in [-0.15, -0.1) is 0 Å². The summed E-state index contributed by atoms with van der Waals surface area (Å²) in [6, 6.07) is 12.8. The maximum atomic E-state index is 12.1. The van der Waals surface area contributed by atoms with E-state index in [1.165, 1.54) is 12.1 Å². The summed E-state index contributed by atoms with van der Waals surface area (Å²) >= 11 is 0. The van der Waals surface area contributed by atoms with E-state index in [-0.39, 0.29) is 16.6 Å². The van der Waals surface area contributed by atoms with E-state index in [9.17, 15) is 22.0 Å². The highest BCUT2D eigenvalue weighted by Crippen LogP contribution is 2.22. The van der Waals surface area contributed by atoms with Crippen LogP contribution >= 0.6 is 0 Å². The predicted octanol–water partition coefficient (Wildman–Crippen LogP) is 3.20. The molecular formula is C21H23F2N3O4S. The Labute approximate surface area is 179 Å². The first kappa shape index (κ1) is 22.7. The normalized spacial score (nSPS) is 15.5. The molecule has 1 amide bonds. The maximum absolute atomic E-state index is 12.1.